The number of nitrogens with two attached hydrogens (primary N) is 3. The van der Waals surface area contributed by atoms with Crippen LogP contribution in [-0.2, 0) is 75.7 Å². The van der Waals surface area contributed by atoms with E-state index in [4.69, 9.17) is 59.0 Å². The van der Waals surface area contributed by atoms with Gasteiger partial charge in [0.15, 0.2) is 41.4 Å². The highest BCUT2D eigenvalue weighted by Gasteiger charge is 2.54. The molecule has 16 atom stereocenters. The number of imidazole rings is 3. The van der Waals surface area contributed by atoms with E-state index < -0.39 is 136 Å². The highest BCUT2D eigenvalue weighted by Crippen LogP contribution is 2.68. The molecule has 3 aliphatic heterocycles. The maximum Gasteiger partial charge on any atom is 0.490 e. The molecule has 39 nitrogen and oxygen atoms in total. The van der Waals surface area contributed by atoms with Gasteiger partial charge in [-0.15, -0.1) is 0 Å². The van der Waals surface area contributed by atoms with Gasteiger partial charge in [0.2, 0.25) is 17.7 Å². The zero-order chi connectivity index (χ0) is 56.4. The van der Waals surface area contributed by atoms with Gasteiger partial charge in [0, 0.05) is 26.7 Å². The summed E-state index contributed by atoms with van der Waals surface area (Å²) in [6.07, 6.45) is -12.7. The number of aliphatic hydroxyl groups is 3. The maximum absolute atomic E-state index is 13.7. The molecule has 0 aromatic carbocycles. The molecule has 3 saturated heterocycles. The second-order valence-electron chi connectivity index (χ2n) is 17.4. The molecule has 15 N–H and O–H groups in total. The second-order valence-corrected chi connectivity index (χ2v) is 23.5. The number of hydrogen-bond donors (Lipinski definition) is 12. The van der Waals surface area contributed by atoms with E-state index in [-0.39, 0.29) is 64.2 Å². The van der Waals surface area contributed by atoms with Crippen LogP contribution in [0.4, 0.5) is 17.7 Å². The third-order valence-electron chi connectivity index (χ3n) is 12.4. The van der Waals surface area contributed by atoms with Crippen LogP contribution < -0.4 is 32.9 Å². The average Bonchev–Trinajstić information content (AvgIpc) is 4.29. The lowest BCUT2D eigenvalue weighted by Crippen LogP contribution is -2.45. The molecule has 0 saturated carbocycles. The van der Waals surface area contributed by atoms with Crippen LogP contribution in [0.25, 0.3) is 33.5 Å². The van der Waals surface area contributed by atoms with Gasteiger partial charge in [0.05, 0.1) is 45.6 Å². The van der Waals surface area contributed by atoms with E-state index in [9.17, 15) is 62.7 Å². The summed E-state index contributed by atoms with van der Waals surface area (Å²) in [5.41, 5.74) is 15.8. The Morgan fingerprint density at radius 2 is 1.29 bits per heavy atom. The number of phosphoric acid groups is 4. The van der Waals surface area contributed by atoms with Crippen molar-refractivity contribution >= 4 is 82.5 Å². The molecule has 43 heteroatoms. The number of aliphatic hydroxyl groups excluding tert-OH is 3. The zero-order valence-corrected chi connectivity index (χ0v) is 43.9. The topological polar surface area (TPSA) is 551 Å². The molecule has 6 aromatic rings. The summed E-state index contributed by atoms with van der Waals surface area (Å²) in [5.74, 6) is -1.59. The molecule has 78 heavy (non-hydrogen) atoms. The maximum atomic E-state index is 13.7. The van der Waals surface area contributed by atoms with Crippen LogP contribution >= 0.6 is 31.3 Å². The summed E-state index contributed by atoms with van der Waals surface area (Å²) in [6.45, 7) is -3.13. The number of ether oxygens (including phenoxy) is 5. The molecule has 0 radical (unpaired) electrons. The number of nitrogens with one attached hydrogen (secondary N) is 2. The van der Waals surface area contributed by atoms with Gasteiger partial charge >= 0.3 is 36.9 Å². The zero-order valence-electron chi connectivity index (χ0n) is 40.3. The molecule has 0 spiro atoms. The van der Waals surface area contributed by atoms with Crippen LogP contribution in [0.15, 0.2) is 34.9 Å². The van der Waals surface area contributed by atoms with Crippen molar-refractivity contribution in [2.24, 2.45) is 13.0 Å². The number of nitrogens with zero attached hydrogens (tertiary/aromatic N) is 10. The first-order valence-electron chi connectivity index (χ1n) is 22.5. The predicted octanol–water partition coefficient (Wildman–Crippen LogP) is -3.42. The van der Waals surface area contributed by atoms with E-state index >= 15 is 0 Å². The quantitative estimate of drug-likeness (QED) is 0.0233. The van der Waals surface area contributed by atoms with Gasteiger partial charge in [-0.2, -0.15) is 13.6 Å². The molecule has 0 bridgehead atoms. The van der Waals surface area contributed by atoms with E-state index in [2.05, 4.69) is 48.5 Å². The van der Waals surface area contributed by atoms with Gasteiger partial charge in [-0.05, 0) is 6.42 Å². The normalized spacial score (nSPS) is 29.8. The lowest BCUT2D eigenvalue weighted by Gasteiger charge is -2.26. The first kappa shape index (κ1) is 57.5. The molecular weight excluding hydrogens is 1140 g/mol. The van der Waals surface area contributed by atoms with Crippen molar-refractivity contribution in [2.75, 3.05) is 57.8 Å². The molecule has 3 aliphatic rings. The van der Waals surface area contributed by atoms with Crippen molar-refractivity contribution in [1.82, 2.24) is 53.6 Å². The highest BCUT2D eigenvalue weighted by molar-refractivity contribution is 7.66. The van der Waals surface area contributed by atoms with E-state index in [1.54, 1.807) is 0 Å². The van der Waals surface area contributed by atoms with E-state index in [1.807, 2.05) is 0 Å². The Balaban J connectivity index is 0.871. The average molecular weight is 1190 g/mol. The lowest BCUT2D eigenvalue weighted by molar-refractivity contribution is -0.745. The SMILES string of the molecule is COCC[C@@H]1[C@@H](COP(=O)(O)OP(=O)(O)OP(=O)(O)OCC2O[C@@H](n3cnc4c(N)ncnc43)[C@H](OC)[C@@H]2OP(=O)(O)OC[C@H]2O[C@@H](n3cnc4c(=O)[nH]c(N)nc43)[C@H](O)[C@@H]2O)OC([n+]2cn(C)c3c(=O)[nH]c(N)nc32)[C@@H]1O. The summed E-state index contributed by atoms with van der Waals surface area (Å²) in [5, 5.41) is 33.2. The van der Waals surface area contributed by atoms with E-state index in [1.165, 1.54) is 34.2 Å². The van der Waals surface area contributed by atoms with E-state index in [0.29, 0.717) is 0 Å². The molecular formula is C35H50N15O24P4+. The number of anilines is 3. The first-order valence-corrected chi connectivity index (χ1v) is 28.5. The number of aryl methyl sites for hydroxylation is 1. The Morgan fingerprint density at radius 1 is 0.692 bits per heavy atom. The van der Waals surface area contributed by atoms with Crippen molar-refractivity contribution in [3.63, 3.8) is 0 Å². The van der Waals surface area contributed by atoms with E-state index in [0.717, 1.165) is 30.7 Å². The van der Waals surface area contributed by atoms with Crippen molar-refractivity contribution < 1.29 is 108 Å². The van der Waals surface area contributed by atoms with Gasteiger partial charge in [0.1, 0.15) is 54.6 Å². The molecule has 6 aromatic heterocycles. The monoisotopic (exact) mass is 1190 g/mol. The van der Waals surface area contributed by atoms with Crippen molar-refractivity contribution in [2.45, 2.75) is 73.9 Å². The lowest BCUT2D eigenvalue weighted by atomic mass is 9.95. The van der Waals surface area contributed by atoms with Crippen LogP contribution in [0.2, 0.25) is 0 Å². The predicted molar refractivity (Wildman–Crippen MR) is 253 cm³/mol. The van der Waals surface area contributed by atoms with Gasteiger partial charge in [-0.25, -0.2) is 42.8 Å². The summed E-state index contributed by atoms with van der Waals surface area (Å²) >= 11 is 0. The second kappa shape index (κ2) is 22.1. The minimum Gasteiger partial charge on any atom is -0.387 e. The number of phosphoric ester groups is 3. The number of aromatic amines is 2. The molecule has 3 fully saturated rings. The Kier molecular flexibility index (Phi) is 16.3. The van der Waals surface area contributed by atoms with Crippen LogP contribution in [-0.4, -0.2) is 178 Å². The molecule has 428 valence electrons. The molecule has 6 unspecified atom stereocenters. The third-order valence-corrected chi connectivity index (χ3v) is 17.6. The van der Waals surface area contributed by atoms with Crippen LogP contribution in [0.3, 0.4) is 0 Å². The van der Waals surface area contributed by atoms with Gasteiger partial charge < -0.3 is 75.8 Å². The van der Waals surface area contributed by atoms with Crippen molar-refractivity contribution in [3.8, 4) is 0 Å². The highest BCUT2D eigenvalue weighted by atomic mass is 31.3. The summed E-state index contributed by atoms with van der Waals surface area (Å²) < 4.78 is 116. The fourth-order valence-corrected chi connectivity index (χ4v) is 13.5. The standard InChI is InChI=1S/C35H49N15O24P4/c1-47-12-50(28-19(47)30(55)46-35(38)44-28)31-20(51)13(4-5-64-2)14(69-31)6-67-76(58,59)73-78(62,63)74-77(60,61)68-8-16-23(24(65-3)33(71-16)48-10-41-17-25(36)39-9-40-26(17)48)72-75(56,57)66-7-15-21(52)22(53)32(70-15)49-11-42-18-27(49)43-34(37)45-29(18)54/h9-16,20-24,31-33,51-53H,4-8H2,1-3H3,(H11-,36,37,38,39,40,43,44,45,46,54,55,56,57,58,59,60,61,62,63)/p+1/t13-,14-,15-,16?,20-,21-,22-,23-,24-,31?,32-,33-/m1/s1. The smallest absolute Gasteiger partial charge is 0.387 e. The fourth-order valence-electron chi connectivity index (χ4n) is 8.99. The number of rotatable bonds is 22. The molecule has 9 rings (SSSR count). The number of nitrogen functional groups attached to an aromatic ring is 3. The van der Waals surface area contributed by atoms with Gasteiger partial charge in [-0.3, -0.25) is 51.4 Å². The Hall–Kier alpha value is -5.15. The minimum absolute atomic E-state index is 0.00665. The summed E-state index contributed by atoms with van der Waals surface area (Å²) in [6, 6.07) is 0. The number of hydrogen-bond acceptors (Lipinski definition) is 29. The third kappa shape index (κ3) is 11.7. The first-order chi connectivity index (χ1) is 36.7. The molecule has 0 amide bonds. The van der Waals surface area contributed by atoms with Gasteiger partial charge in [0.25, 0.3) is 17.1 Å². The molecule has 0 aliphatic carbocycles. The summed E-state index contributed by atoms with van der Waals surface area (Å²) in [7, 11) is -19.4. The Labute approximate surface area is 434 Å². The summed E-state index contributed by atoms with van der Waals surface area (Å²) in [4.78, 5) is 96.6. The van der Waals surface area contributed by atoms with Gasteiger partial charge in [-0.1, -0.05) is 4.98 Å². The minimum atomic E-state index is -6.18. The largest absolute Gasteiger partial charge is 0.490 e. The van der Waals surface area contributed by atoms with Crippen molar-refractivity contribution in [3.05, 3.63) is 46.0 Å². The number of methoxy groups -OCH3 is 2. The Morgan fingerprint density at radius 3 is 1.97 bits per heavy atom. The van der Waals surface area contributed by atoms with Crippen LogP contribution in [0.1, 0.15) is 25.1 Å². The fraction of sp³-hybridized carbons (Fsp3) is 0.571. The Bertz CT molecular complexity index is 3530. The van der Waals surface area contributed by atoms with Crippen LogP contribution in [0, 0.1) is 5.92 Å². The number of fused-ring (bicyclic) bond motifs is 3. The number of aromatic nitrogens is 12. The van der Waals surface area contributed by atoms with Crippen molar-refractivity contribution in [1.29, 1.82) is 0 Å². The van der Waals surface area contributed by atoms with Crippen LogP contribution in [0.5, 0.6) is 0 Å². The molecule has 9 heterocycles. The number of H-pyrrole nitrogens is 2.